The Morgan fingerprint density at radius 1 is 0.900 bits per heavy atom. The number of hydrogen-bond acceptors (Lipinski definition) is 8. The van der Waals surface area contributed by atoms with E-state index in [0.717, 1.165) is 0 Å². The van der Waals surface area contributed by atoms with Crippen molar-refractivity contribution in [3.05, 3.63) is 10.1 Å². The molecule has 19 N–H and O–H groups in total. The van der Waals surface area contributed by atoms with Crippen molar-refractivity contribution in [1.29, 1.82) is 0 Å². The van der Waals surface area contributed by atoms with Crippen molar-refractivity contribution in [1.82, 2.24) is 36.9 Å². The predicted octanol–water partition coefficient (Wildman–Crippen LogP) is 0.624. The summed E-state index contributed by atoms with van der Waals surface area (Å²) in [5.41, 5.74) is 0. The second-order valence-corrected chi connectivity index (χ2v) is 0.238. The van der Waals surface area contributed by atoms with E-state index in [9.17, 15) is 0 Å². The summed E-state index contributed by atoms with van der Waals surface area (Å²) in [4.78, 5) is 8.36. The molecule has 0 radical (unpaired) electrons. The van der Waals surface area contributed by atoms with Gasteiger partial charge in [0, 0.05) is 0 Å². The van der Waals surface area contributed by atoms with Gasteiger partial charge >= 0.3 is 0 Å². The Morgan fingerprint density at radius 2 is 0.900 bits per heavy atom. The summed E-state index contributed by atoms with van der Waals surface area (Å²) in [5, 5.41) is 13.6. The van der Waals surface area contributed by atoms with Gasteiger partial charge in [0.15, 0.2) is 0 Å². The van der Waals surface area contributed by atoms with Gasteiger partial charge in [-0.2, -0.15) is 0 Å². The van der Waals surface area contributed by atoms with Crippen LogP contribution in [-0.4, -0.2) is 10.3 Å². The third-order valence-electron chi connectivity index (χ3n) is 0. The van der Waals surface area contributed by atoms with Gasteiger partial charge in [-0.15, -0.1) is 10.1 Å². The van der Waals surface area contributed by atoms with Gasteiger partial charge in [0.1, 0.15) is 0 Å². The Hall–Kier alpha value is -1.04. The number of hydrogen-bond donors (Lipinski definition) is 7. The SMILES string of the molecule is N.N.N.N.N.N.O=[N+]([O-])O. The lowest BCUT2D eigenvalue weighted by Gasteiger charge is -1.56. The van der Waals surface area contributed by atoms with Gasteiger partial charge in [0.2, 0.25) is 0 Å². The summed E-state index contributed by atoms with van der Waals surface area (Å²) in [7, 11) is 0. The summed E-state index contributed by atoms with van der Waals surface area (Å²) in [6, 6.07) is 0. The molecule has 0 amide bonds. The predicted molar refractivity (Wildman–Crippen MR) is 38.9 cm³/mol. The Kier molecular flexibility index (Phi) is 1480. The highest BCUT2D eigenvalue weighted by atomic mass is 16.9. The van der Waals surface area contributed by atoms with Crippen molar-refractivity contribution in [2.45, 2.75) is 0 Å². The van der Waals surface area contributed by atoms with Gasteiger partial charge in [-0.3, -0.25) is 0 Å². The van der Waals surface area contributed by atoms with Crippen molar-refractivity contribution in [3.8, 4) is 0 Å². The normalized spacial score (nSPS) is 2.40. The lowest BCUT2D eigenvalue weighted by molar-refractivity contribution is -0.742. The van der Waals surface area contributed by atoms with Crippen LogP contribution in [0.2, 0.25) is 0 Å². The quantitative estimate of drug-likeness (QED) is 0.195. The molecule has 10 heavy (non-hydrogen) atoms. The molecule has 0 aliphatic heterocycles. The lowest BCUT2D eigenvalue weighted by Crippen LogP contribution is -1.81. The van der Waals surface area contributed by atoms with Gasteiger partial charge < -0.3 is 42.1 Å². The fourth-order valence-corrected chi connectivity index (χ4v) is 0. The molecule has 0 atom stereocenters. The first-order valence-corrected chi connectivity index (χ1v) is 0.565. The first kappa shape index (κ1) is 148. The minimum absolute atomic E-state index is 0. The fourth-order valence-electron chi connectivity index (χ4n) is 0. The minimum atomic E-state index is -1.50. The van der Waals surface area contributed by atoms with Crippen molar-refractivity contribution < 1.29 is 10.3 Å². The average molecular weight is 165 g/mol. The van der Waals surface area contributed by atoms with Crippen molar-refractivity contribution in [2.24, 2.45) is 0 Å². The third kappa shape index (κ3) is 229. The van der Waals surface area contributed by atoms with Crippen LogP contribution in [0.1, 0.15) is 0 Å². The van der Waals surface area contributed by atoms with E-state index in [1.54, 1.807) is 0 Å². The van der Waals surface area contributed by atoms with Crippen LogP contribution in [0, 0.1) is 10.1 Å². The average Bonchev–Trinajstić information content (AvgIpc) is 0.811. The molecular formula is H19N7O3. The molecule has 0 saturated carbocycles. The first-order chi connectivity index (χ1) is 1.73. The maximum absolute atomic E-state index is 8.36. The molecule has 0 spiro atoms. The molecule has 10 nitrogen and oxygen atoms in total. The van der Waals surface area contributed by atoms with Crippen LogP contribution in [0.25, 0.3) is 0 Å². The van der Waals surface area contributed by atoms with Gasteiger partial charge in [0.05, 0.1) is 0 Å². The maximum Gasteiger partial charge on any atom is 0.291 e. The summed E-state index contributed by atoms with van der Waals surface area (Å²) in [6.07, 6.45) is 0. The smallest absolute Gasteiger partial charge is 0.291 e. The summed E-state index contributed by atoms with van der Waals surface area (Å²) in [6.45, 7) is 0. The van der Waals surface area contributed by atoms with Gasteiger partial charge in [-0.1, -0.05) is 0 Å². The van der Waals surface area contributed by atoms with Crippen LogP contribution < -0.4 is 36.9 Å². The highest BCUT2D eigenvalue weighted by Crippen LogP contribution is 1.38. The number of rotatable bonds is 0. The summed E-state index contributed by atoms with van der Waals surface area (Å²) >= 11 is 0. The Balaban J connectivity index is -0.00000000300. The Bertz CT molecular complexity index is 31.8. The van der Waals surface area contributed by atoms with Crippen molar-refractivity contribution in [3.63, 3.8) is 0 Å². The molecule has 0 rings (SSSR count). The molecule has 0 aromatic carbocycles. The molecule has 0 heterocycles. The molecule has 0 unspecified atom stereocenters. The highest BCUT2D eigenvalue weighted by molar-refractivity contribution is 3.83. The monoisotopic (exact) mass is 165 g/mol. The minimum Gasteiger partial charge on any atom is -0.344 e. The molecule has 0 aromatic rings. The van der Waals surface area contributed by atoms with Crippen molar-refractivity contribution >= 4 is 0 Å². The third-order valence-corrected chi connectivity index (χ3v) is 0. The molecule has 0 aliphatic carbocycles. The molecular weight excluding hydrogens is 146 g/mol. The lowest BCUT2D eigenvalue weighted by atomic mass is 13.1. The van der Waals surface area contributed by atoms with E-state index in [0.29, 0.717) is 0 Å². The molecule has 0 fully saturated rings. The van der Waals surface area contributed by atoms with Crippen LogP contribution in [0.15, 0.2) is 0 Å². The summed E-state index contributed by atoms with van der Waals surface area (Å²) in [5.74, 6) is 0. The highest BCUT2D eigenvalue weighted by Gasteiger charge is 1.65. The van der Waals surface area contributed by atoms with E-state index in [1.807, 2.05) is 0 Å². The molecule has 0 bridgehead atoms. The molecule has 0 aliphatic rings. The van der Waals surface area contributed by atoms with E-state index in [2.05, 4.69) is 0 Å². The van der Waals surface area contributed by atoms with Crippen LogP contribution in [0.4, 0.5) is 0 Å². The van der Waals surface area contributed by atoms with Gasteiger partial charge in [-0.25, -0.2) is 0 Å². The fraction of sp³-hybridized carbons (Fsp3) is 0. The van der Waals surface area contributed by atoms with E-state index in [-0.39, 0.29) is 36.9 Å². The van der Waals surface area contributed by atoms with Gasteiger partial charge in [-0.05, 0) is 0 Å². The van der Waals surface area contributed by atoms with Crippen molar-refractivity contribution in [2.75, 3.05) is 0 Å². The molecule has 72 valence electrons. The first-order valence-electron chi connectivity index (χ1n) is 0.565. The van der Waals surface area contributed by atoms with E-state index >= 15 is 0 Å². The van der Waals surface area contributed by atoms with Crippen LogP contribution >= 0.6 is 0 Å². The van der Waals surface area contributed by atoms with E-state index in [1.165, 1.54) is 0 Å². The molecule has 10 heteroatoms. The second-order valence-electron chi connectivity index (χ2n) is 0.238. The van der Waals surface area contributed by atoms with Crippen LogP contribution in [0.5, 0.6) is 0 Å². The Labute approximate surface area is 58.6 Å². The maximum atomic E-state index is 8.36. The molecule has 0 saturated heterocycles. The molecule has 0 aromatic heterocycles. The Morgan fingerprint density at radius 3 is 0.900 bits per heavy atom. The zero-order chi connectivity index (χ0) is 3.58. The van der Waals surface area contributed by atoms with Crippen LogP contribution in [0.3, 0.4) is 0 Å². The van der Waals surface area contributed by atoms with Gasteiger partial charge in [0.25, 0.3) is 5.09 Å². The zero-order valence-electron chi connectivity index (χ0n) is 5.95. The number of nitrogens with zero attached hydrogens (tertiary/aromatic N) is 1. The standard InChI is InChI=1S/HNO3.6H3N/c2-1(3)4;;;;;;/h(H,2,3,4);6*1H3. The topological polar surface area (TPSA) is 273 Å². The largest absolute Gasteiger partial charge is 0.344 e. The van der Waals surface area contributed by atoms with E-state index in [4.69, 9.17) is 15.3 Å². The van der Waals surface area contributed by atoms with E-state index < -0.39 is 5.09 Å². The summed E-state index contributed by atoms with van der Waals surface area (Å²) < 4.78 is 0. The van der Waals surface area contributed by atoms with Crippen LogP contribution in [-0.2, 0) is 0 Å². The zero-order valence-corrected chi connectivity index (χ0v) is 5.95. The second kappa shape index (κ2) is 100.